The molecule has 25 heavy (non-hydrogen) atoms. The van der Waals surface area contributed by atoms with Crippen LogP contribution in [0.1, 0.15) is 24.5 Å². The number of carbonyl (C=O) groups excluding carboxylic acids is 2. The van der Waals surface area contributed by atoms with Gasteiger partial charge in [0, 0.05) is 11.6 Å². The highest BCUT2D eigenvalue weighted by Gasteiger charge is 2.15. The number of hydrogen-bond donors (Lipinski definition) is 1. The van der Waals surface area contributed by atoms with Crippen LogP contribution >= 0.6 is 11.6 Å². The van der Waals surface area contributed by atoms with Crippen molar-refractivity contribution in [1.29, 1.82) is 0 Å². The number of ether oxygens (including phenoxy) is 1. The van der Waals surface area contributed by atoms with Gasteiger partial charge < -0.3 is 10.1 Å². The summed E-state index contributed by atoms with van der Waals surface area (Å²) >= 11 is 5.92. The van der Waals surface area contributed by atoms with Crippen LogP contribution in [0.4, 0.5) is 0 Å². The van der Waals surface area contributed by atoms with Crippen LogP contribution in [0.25, 0.3) is 11.6 Å². The molecule has 0 spiro atoms. The van der Waals surface area contributed by atoms with Crippen LogP contribution in [0, 0.1) is 0 Å². The molecule has 130 valence electrons. The molecule has 1 N–H and O–H groups in total. The Balaban J connectivity index is 2.19. The summed E-state index contributed by atoms with van der Waals surface area (Å²) in [4.78, 5) is 24.2. The first kappa shape index (κ1) is 18.7. The van der Waals surface area contributed by atoms with Crippen molar-refractivity contribution < 1.29 is 14.3 Å². The Labute approximate surface area is 152 Å². The molecule has 0 aliphatic heterocycles. The molecule has 0 heterocycles. The van der Waals surface area contributed by atoms with Gasteiger partial charge in [-0.3, -0.25) is 4.79 Å². The lowest BCUT2D eigenvalue weighted by molar-refractivity contribution is -0.142. The van der Waals surface area contributed by atoms with E-state index < -0.39 is 5.97 Å². The summed E-state index contributed by atoms with van der Waals surface area (Å²) in [5.41, 5.74) is 1.90. The number of hydrogen-bond acceptors (Lipinski definition) is 3. The standard InChI is InChI=1S/C20H20ClNO3/c1-2-12-22-19(23)14-25-20(24)18(13-15-6-4-3-5-7-15)16-8-10-17(21)11-9-16/h3-11,13H,2,12,14H2,1H3,(H,22,23)/b18-13+. The molecule has 0 saturated heterocycles. The summed E-state index contributed by atoms with van der Waals surface area (Å²) < 4.78 is 5.17. The fourth-order valence-corrected chi connectivity index (χ4v) is 2.26. The van der Waals surface area contributed by atoms with Crippen LogP contribution in [0.2, 0.25) is 5.02 Å². The maximum absolute atomic E-state index is 12.5. The van der Waals surface area contributed by atoms with Gasteiger partial charge in [0.15, 0.2) is 6.61 Å². The molecule has 0 aromatic heterocycles. The van der Waals surface area contributed by atoms with Gasteiger partial charge in [0.05, 0.1) is 5.57 Å². The molecule has 2 aromatic rings. The third-order valence-electron chi connectivity index (χ3n) is 3.39. The highest BCUT2D eigenvalue weighted by Crippen LogP contribution is 2.22. The highest BCUT2D eigenvalue weighted by atomic mass is 35.5. The van der Waals surface area contributed by atoms with Gasteiger partial charge in [-0.05, 0) is 35.8 Å². The fraction of sp³-hybridized carbons (Fsp3) is 0.200. The van der Waals surface area contributed by atoms with Gasteiger partial charge in [0.1, 0.15) is 0 Å². The number of carbonyl (C=O) groups is 2. The van der Waals surface area contributed by atoms with E-state index in [-0.39, 0.29) is 12.5 Å². The van der Waals surface area contributed by atoms with E-state index in [0.29, 0.717) is 22.7 Å². The Morgan fingerprint density at radius 3 is 2.40 bits per heavy atom. The maximum Gasteiger partial charge on any atom is 0.339 e. The minimum Gasteiger partial charge on any atom is -0.452 e. The van der Waals surface area contributed by atoms with E-state index in [4.69, 9.17) is 16.3 Å². The number of halogens is 1. The number of benzene rings is 2. The predicted octanol–water partition coefficient (Wildman–Crippen LogP) is 3.95. The molecule has 0 fully saturated rings. The highest BCUT2D eigenvalue weighted by molar-refractivity contribution is 6.30. The Hall–Kier alpha value is -2.59. The van der Waals surface area contributed by atoms with E-state index in [0.717, 1.165) is 12.0 Å². The van der Waals surface area contributed by atoms with Gasteiger partial charge in [-0.1, -0.05) is 61.0 Å². The monoisotopic (exact) mass is 357 g/mol. The normalized spacial score (nSPS) is 11.0. The summed E-state index contributed by atoms with van der Waals surface area (Å²) in [6.45, 7) is 2.20. The van der Waals surface area contributed by atoms with Gasteiger partial charge in [-0.2, -0.15) is 0 Å². The average molecular weight is 358 g/mol. The van der Waals surface area contributed by atoms with Crippen molar-refractivity contribution in [2.45, 2.75) is 13.3 Å². The van der Waals surface area contributed by atoms with Crippen LogP contribution in [-0.2, 0) is 14.3 Å². The molecule has 5 heteroatoms. The molecule has 0 radical (unpaired) electrons. The predicted molar refractivity (Wildman–Crippen MR) is 100 cm³/mol. The number of rotatable bonds is 7. The Morgan fingerprint density at radius 2 is 1.76 bits per heavy atom. The molecule has 1 amide bonds. The quantitative estimate of drug-likeness (QED) is 0.463. The van der Waals surface area contributed by atoms with Gasteiger partial charge in [-0.25, -0.2) is 4.79 Å². The van der Waals surface area contributed by atoms with Crippen molar-refractivity contribution in [3.8, 4) is 0 Å². The SMILES string of the molecule is CCCNC(=O)COC(=O)/C(=C/c1ccccc1)c1ccc(Cl)cc1. The summed E-state index contributed by atoms with van der Waals surface area (Å²) in [5, 5.41) is 3.25. The molecule has 0 atom stereocenters. The van der Waals surface area contributed by atoms with Crippen LogP contribution < -0.4 is 5.32 Å². The first-order valence-corrected chi connectivity index (χ1v) is 8.44. The minimum atomic E-state index is -0.558. The second-order valence-electron chi connectivity index (χ2n) is 5.40. The molecule has 0 saturated carbocycles. The molecule has 0 aliphatic rings. The zero-order valence-corrected chi connectivity index (χ0v) is 14.8. The smallest absolute Gasteiger partial charge is 0.339 e. The van der Waals surface area contributed by atoms with Gasteiger partial charge in [0.25, 0.3) is 5.91 Å². The van der Waals surface area contributed by atoms with Crippen LogP contribution in [0.3, 0.4) is 0 Å². The molecule has 0 unspecified atom stereocenters. The van der Waals surface area contributed by atoms with E-state index in [1.165, 1.54) is 0 Å². The van der Waals surface area contributed by atoms with Gasteiger partial charge >= 0.3 is 5.97 Å². The fourth-order valence-electron chi connectivity index (χ4n) is 2.13. The molecular weight excluding hydrogens is 338 g/mol. The first-order valence-electron chi connectivity index (χ1n) is 8.06. The molecule has 0 aliphatic carbocycles. The zero-order chi connectivity index (χ0) is 18.1. The van der Waals surface area contributed by atoms with E-state index in [1.54, 1.807) is 30.3 Å². The van der Waals surface area contributed by atoms with E-state index in [2.05, 4.69) is 5.32 Å². The summed E-state index contributed by atoms with van der Waals surface area (Å²) in [7, 11) is 0. The molecule has 4 nitrogen and oxygen atoms in total. The van der Waals surface area contributed by atoms with Crippen LogP contribution in [-0.4, -0.2) is 25.0 Å². The van der Waals surface area contributed by atoms with Crippen LogP contribution in [0.5, 0.6) is 0 Å². The van der Waals surface area contributed by atoms with E-state index >= 15 is 0 Å². The third-order valence-corrected chi connectivity index (χ3v) is 3.64. The number of nitrogens with one attached hydrogen (secondary N) is 1. The Kier molecular flexibility index (Phi) is 7.23. The Bertz CT molecular complexity index is 739. The second kappa shape index (κ2) is 9.64. The lowest BCUT2D eigenvalue weighted by Crippen LogP contribution is -2.29. The van der Waals surface area contributed by atoms with Crippen molar-refractivity contribution in [2.75, 3.05) is 13.2 Å². The van der Waals surface area contributed by atoms with Crippen molar-refractivity contribution in [2.24, 2.45) is 0 Å². The summed E-state index contributed by atoms with van der Waals surface area (Å²) in [5.74, 6) is -0.872. The van der Waals surface area contributed by atoms with Gasteiger partial charge in [0.2, 0.25) is 0 Å². The zero-order valence-electron chi connectivity index (χ0n) is 14.0. The summed E-state index contributed by atoms with van der Waals surface area (Å²) in [6.07, 6.45) is 2.55. The van der Waals surface area contributed by atoms with Crippen molar-refractivity contribution in [3.05, 3.63) is 70.7 Å². The van der Waals surface area contributed by atoms with Crippen molar-refractivity contribution in [3.63, 3.8) is 0 Å². The average Bonchev–Trinajstić information content (AvgIpc) is 2.64. The summed E-state index contributed by atoms with van der Waals surface area (Å²) in [6, 6.07) is 16.3. The maximum atomic E-state index is 12.5. The molecule has 2 rings (SSSR count). The number of amides is 1. The topological polar surface area (TPSA) is 55.4 Å². The van der Waals surface area contributed by atoms with Crippen molar-refractivity contribution in [1.82, 2.24) is 5.32 Å². The largest absolute Gasteiger partial charge is 0.452 e. The third kappa shape index (κ3) is 6.08. The molecule has 2 aromatic carbocycles. The second-order valence-corrected chi connectivity index (χ2v) is 5.84. The number of esters is 1. The lowest BCUT2D eigenvalue weighted by atomic mass is 10.0. The lowest BCUT2D eigenvalue weighted by Gasteiger charge is -2.09. The van der Waals surface area contributed by atoms with Gasteiger partial charge in [-0.15, -0.1) is 0 Å². The van der Waals surface area contributed by atoms with E-state index in [9.17, 15) is 9.59 Å². The Morgan fingerprint density at radius 1 is 1.08 bits per heavy atom. The van der Waals surface area contributed by atoms with E-state index in [1.807, 2.05) is 37.3 Å². The minimum absolute atomic E-state index is 0.307. The van der Waals surface area contributed by atoms with Crippen LogP contribution in [0.15, 0.2) is 54.6 Å². The van der Waals surface area contributed by atoms with Crippen molar-refractivity contribution >= 4 is 35.1 Å². The first-order chi connectivity index (χ1) is 12.1. The molecular formula is C20H20ClNO3. The molecule has 0 bridgehead atoms.